The van der Waals surface area contributed by atoms with E-state index in [-0.39, 0.29) is 0 Å². The van der Waals surface area contributed by atoms with Crippen molar-refractivity contribution in [1.82, 2.24) is 4.98 Å². The van der Waals surface area contributed by atoms with E-state index in [1.165, 1.54) is 11.1 Å². The molecule has 0 spiro atoms. The molecule has 0 N–H and O–H groups in total. The monoisotopic (exact) mass is 208 g/mol. The molecule has 78 valence electrons. The van der Waals surface area contributed by atoms with Crippen LogP contribution in [0.3, 0.4) is 0 Å². The summed E-state index contributed by atoms with van der Waals surface area (Å²) in [6, 6.07) is 10.3. The number of aryl methyl sites for hydroxylation is 2. The number of pyridine rings is 1. The van der Waals surface area contributed by atoms with Crippen molar-refractivity contribution < 1.29 is 0 Å². The van der Waals surface area contributed by atoms with Gasteiger partial charge in [-0.25, -0.2) is 0 Å². The molecule has 0 amide bonds. The van der Waals surface area contributed by atoms with Crippen LogP contribution < -0.4 is 0 Å². The van der Waals surface area contributed by atoms with Crippen LogP contribution in [0.15, 0.2) is 36.7 Å². The lowest BCUT2D eigenvalue weighted by Gasteiger charge is -2.08. The number of nitriles is 1. The second-order valence-electron chi connectivity index (χ2n) is 3.85. The third-order valence-electron chi connectivity index (χ3n) is 2.61. The van der Waals surface area contributed by atoms with E-state index in [1.54, 1.807) is 12.4 Å². The van der Waals surface area contributed by atoms with E-state index in [0.717, 1.165) is 11.1 Å². The number of hydrogen-bond acceptors (Lipinski definition) is 2. The van der Waals surface area contributed by atoms with Crippen molar-refractivity contribution in [3.8, 4) is 17.2 Å². The van der Waals surface area contributed by atoms with Crippen molar-refractivity contribution in [3.63, 3.8) is 0 Å². The normalized spacial score (nSPS) is 9.81. The van der Waals surface area contributed by atoms with E-state index in [0.29, 0.717) is 5.56 Å². The maximum atomic E-state index is 9.04. The third-order valence-corrected chi connectivity index (χ3v) is 2.61. The van der Waals surface area contributed by atoms with Crippen LogP contribution in [0, 0.1) is 25.2 Å². The molecule has 2 nitrogen and oxygen atoms in total. The first-order valence-electron chi connectivity index (χ1n) is 5.14. The first-order valence-corrected chi connectivity index (χ1v) is 5.14. The molecule has 0 aliphatic heterocycles. The highest BCUT2D eigenvalue weighted by Gasteiger charge is 2.06. The largest absolute Gasteiger partial charge is 0.263 e. The van der Waals surface area contributed by atoms with Crippen LogP contribution >= 0.6 is 0 Å². The molecule has 0 fully saturated rings. The molecular formula is C14H12N2. The topological polar surface area (TPSA) is 36.7 Å². The van der Waals surface area contributed by atoms with Gasteiger partial charge < -0.3 is 0 Å². The van der Waals surface area contributed by atoms with E-state index in [2.05, 4.69) is 43.1 Å². The van der Waals surface area contributed by atoms with E-state index in [1.807, 2.05) is 6.07 Å². The van der Waals surface area contributed by atoms with Crippen LogP contribution in [-0.2, 0) is 0 Å². The molecule has 0 atom stereocenters. The van der Waals surface area contributed by atoms with Crippen molar-refractivity contribution in [1.29, 1.82) is 5.26 Å². The van der Waals surface area contributed by atoms with E-state index in [9.17, 15) is 0 Å². The molecule has 1 aromatic carbocycles. The summed E-state index contributed by atoms with van der Waals surface area (Å²) >= 11 is 0. The molecule has 0 aliphatic rings. The smallest absolute Gasteiger partial charge is 0.101 e. The van der Waals surface area contributed by atoms with Crippen LogP contribution in [0.25, 0.3) is 11.1 Å². The minimum Gasteiger partial charge on any atom is -0.263 e. The van der Waals surface area contributed by atoms with Gasteiger partial charge in [0.25, 0.3) is 0 Å². The molecule has 0 bridgehead atoms. The van der Waals surface area contributed by atoms with Crippen LogP contribution in [-0.4, -0.2) is 4.98 Å². The summed E-state index contributed by atoms with van der Waals surface area (Å²) < 4.78 is 0. The lowest BCUT2D eigenvalue weighted by Crippen LogP contribution is -1.89. The Bertz CT molecular complexity index is 565. The Hall–Kier alpha value is -2.14. The van der Waals surface area contributed by atoms with Gasteiger partial charge in [-0.05, 0) is 31.0 Å². The Morgan fingerprint density at radius 3 is 2.62 bits per heavy atom. The molecule has 1 heterocycles. The summed E-state index contributed by atoms with van der Waals surface area (Å²) in [5.74, 6) is 0. The Morgan fingerprint density at radius 1 is 1.12 bits per heavy atom. The van der Waals surface area contributed by atoms with Gasteiger partial charge in [-0.1, -0.05) is 23.8 Å². The minimum absolute atomic E-state index is 0.620. The van der Waals surface area contributed by atoms with Crippen molar-refractivity contribution in [2.75, 3.05) is 0 Å². The van der Waals surface area contributed by atoms with Gasteiger partial charge in [0.2, 0.25) is 0 Å². The quantitative estimate of drug-likeness (QED) is 0.721. The summed E-state index contributed by atoms with van der Waals surface area (Å²) in [5.41, 5.74) is 5.09. The van der Waals surface area contributed by atoms with Gasteiger partial charge in [-0.3, -0.25) is 4.98 Å². The Kier molecular flexibility index (Phi) is 2.70. The summed E-state index contributed by atoms with van der Waals surface area (Å²) in [6.07, 6.45) is 3.32. The molecule has 2 aromatic rings. The maximum Gasteiger partial charge on any atom is 0.101 e. The Balaban J connectivity index is 2.64. The molecule has 0 radical (unpaired) electrons. The van der Waals surface area contributed by atoms with Gasteiger partial charge in [0.1, 0.15) is 6.07 Å². The van der Waals surface area contributed by atoms with Crippen LogP contribution in [0.5, 0.6) is 0 Å². The predicted octanol–water partition coefficient (Wildman–Crippen LogP) is 3.24. The molecule has 0 saturated carbocycles. The lowest BCUT2D eigenvalue weighted by molar-refractivity contribution is 1.29. The zero-order chi connectivity index (χ0) is 11.5. The zero-order valence-electron chi connectivity index (χ0n) is 9.36. The molecule has 2 heteroatoms. The summed E-state index contributed by atoms with van der Waals surface area (Å²) in [7, 11) is 0. The van der Waals surface area contributed by atoms with E-state index < -0.39 is 0 Å². The fourth-order valence-corrected chi connectivity index (χ4v) is 1.83. The average Bonchev–Trinajstić information content (AvgIpc) is 2.29. The summed E-state index contributed by atoms with van der Waals surface area (Å²) in [5, 5.41) is 9.04. The van der Waals surface area contributed by atoms with Crippen molar-refractivity contribution in [2.45, 2.75) is 13.8 Å². The van der Waals surface area contributed by atoms with Gasteiger partial charge in [0.05, 0.1) is 5.56 Å². The van der Waals surface area contributed by atoms with Crippen LogP contribution in [0.4, 0.5) is 0 Å². The van der Waals surface area contributed by atoms with E-state index in [4.69, 9.17) is 5.26 Å². The second kappa shape index (κ2) is 4.16. The van der Waals surface area contributed by atoms with Gasteiger partial charge >= 0.3 is 0 Å². The fraction of sp³-hybridized carbons (Fsp3) is 0.143. The first kappa shape index (κ1) is 10.4. The number of aromatic nitrogens is 1. The highest BCUT2D eigenvalue weighted by atomic mass is 14.6. The molecule has 0 unspecified atom stereocenters. The third kappa shape index (κ3) is 1.80. The molecule has 0 saturated heterocycles. The van der Waals surface area contributed by atoms with E-state index >= 15 is 0 Å². The highest BCUT2D eigenvalue weighted by Crippen LogP contribution is 2.26. The van der Waals surface area contributed by atoms with Gasteiger partial charge in [0, 0.05) is 18.0 Å². The summed E-state index contributed by atoms with van der Waals surface area (Å²) in [6.45, 7) is 4.12. The van der Waals surface area contributed by atoms with Crippen LogP contribution in [0.2, 0.25) is 0 Å². The number of nitrogens with zero attached hydrogens (tertiary/aromatic N) is 2. The lowest BCUT2D eigenvalue weighted by atomic mass is 9.97. The van der Waals surface area contributed by atoms with Gasteiger partial charge in [0.15, 0.2) is 0 Å². The standard InChI is InChI=1S/C14H12N2/c1-10-3-4-13(11(2)7-10)14-5-6-16-9-12(14)8-15/h3-7,9H,1-2H3. The fourth-order valence-electron chi connectivity index (χ4n) is 1.83. The molecular weight excluding hydrogens is 196 g/mol. The molecule has 16 heavy (non-hydrogen) atoms. The first-order chi connectivity index (χ1) is 7.72. The highest BCUT2D eigenvalue weighted by molar-refractivity contribution is 5.72. The summed E-state index contributed by atoms with van der Waals surface area (Å²) in [4.78, 5) is 3.97. The molecule has 0 aliphatic carbocycles. The number of benzene rings is 1. The van der Waals surface area contributed by atoms with Gasteiger partial charge in [-0.2, -0.15) is 5.26 Å². The molecule has 2 rings (SSSR count). The number of hydrogen-bond donors (Lipinski definition) is 0. The van der Waals surface area contributed by atoms with Crippen molar-refractivity contribution >= 4 is 0 Å². The van der Waals surface area contributed by atoms with Crippen LogP contribution in [0.1, 0.15) is 16.7 Å². The second-order valence-corrected chi connectivity index (χ2v) is 3.85. The Labute approximate surface area is 95.2 Å². The zero-order valence-corrected chi connectivity index (χ0v) is 9.36. The number of rotatable bonds is 1. The molecule has 1 aromatic heterocycles. The van der Waals surface area contributed by atoms with Crippen molar-refractivity contribution in [3.05, 3.63) is 53.3 Å². The van der Waals surface area contributed by atoms with Crippen molar-refractivity contribution in [2.24, 2.45) is 0 Å². The van der Waals surface area contributed by atoms with Gasteiger partial charge in [-0.15, -0.1) is 0 Å². The Morgan fingerprint density at radius 2 is 1.94 bits per heavy atom. The SMILES string of the molecule is Cc1ccc(-c2ccncc2C#N)c(C)c1. The maximum absolute atomic E-state index is 9.04. The average molecular weight is 208 g/mol. The predicted molar refractivity (Wildman–Crippen MR) is 63.9 cm³/mol. The minimum atomic E-state index is 0.620.